The van der Waals surface area contributed by atoms with Gasteiger partial charge in [-0.25, -0.2) is 4.79 Å². The lowest BCUT2D eigenvalue weighted by molar-refractivity contribution is -0.153. The molecule has 3 rings (SSSR count). The molecule has 108 valence electrons. The third kappa shape index (κ3) is 2.32. The molecule has 1 amide bonds. The number of carbonyl (C=O) groups excluding carboxylic acids is 1. The molecule has 2 aliphatic rings. The number of aliphatic carboxylic acids is 1. The van der Waals surface area contributed by atoms with Crippen molar-refractivity contribution in [3.8, 4) is 0 Å². The Balaban J connectivity index is 1.85. The molecule has 7 heteroatoms. The Morgan fingerprint density at radius 1 is 1.50 bits per heavy atom. The molecule has 6 nitrogen and oxygen atoms in total. The number of carboxylic acid groups (broad SMARTS) is 1. The average molecular weight is 296 g/mol. The SMILES string of the molecule is O=C(O)C1c2ccsc2CCN1C(=O)C1COCCN1. The molecule has 1 aromatic rings. The fourth-order valence-corrected chi connectivity index (χ4v) is 3.65. The van der Waals surface area contributed by atoms with Gasteiger partial charge in [0.1, 0.15) is 6.04 Å². The number of fused-ring (bicyclic) bond motifs is 1. The second-order valence-electron chi connectivity index (χ2n) is 4.90. The molecular weight excluding hydrogens is 280 g/mol. The van der Waals surface area contributed by atoms with Crippen molar-refractivity contribution in [2.45, 2.75) is 18.5 Å². The highest BCUT2D eigenvalue weighted by Crippen LogP contribution is 2.33. The van der Waals surface area contributed by atoms with Gasteiger partial charge in [-0.15, -0.1) is 11.3 Å². The Morgan fingerprint density at radius 2 is 2.35 bits per heavy atom. The van der Waals surface area contributed by atoms with Gasteiger partial charge in [-0.05, 0) is 23.4 Å². The largest absolute Gasteiger partial charge is 0.479 e. The number of nitrogens with zero attached hydrogens (tertiary/aromatic N) is 1. The number of hydrogen-bond acceptors (Lipinski definition) is 5. The van der Waals surface area contributed by atoms with Crippen LogP contribution in [0.5, 0.6) is 0 Å². The number of carboxylic acids is 1. The number of thiophene rings is 1. The van der Waals surface area contributed by atoms with Crippen LogP contribution in [0, 0.1) is 0 Å². The summed E-state index contributed by atoms with van der Waals surface area (Å²) in [4.78, 5) is 26.6. The first-order valence-corrected chi connectivity index (χ1v) is 7.47. The maximum absolute atomic E-state index is 12.5. The lowest BCUT2D eigenvalue weighted by atomic mass is 9.99. The molecule has 2 aliphatic heterocycles. The molecule has 0 spiro atoms. The van der Waals surface area contributed by atoms with Crippen LogP contribution in [0.2, 0.25) is 0 Å². The lowest BCUT2D eigenvalue weighted by Gasteiger charge is -2.36. The van der Waals surface area contributed by atoms with Crippen LogP contribution in [0.3, 0.4) is 0 Å². The zero-order valence-corrected chi connectivity index (χ0v) is 11.7. The highest BCUT2D eigenvalue weighted by molar-refractivity contribution is 7.10. The second kappa shape index (κ2) is 5.51. The highest BCUT2D eigenvalue weighted by atomic mass is 32.1. The fraction of sp³-hybridized carbons (Fsp3) is 0.538. The summed E-state index contributed by atoms with van der Waals surface area (Å²) in [7, 11) is 0. The van der Waals surface area contributed by atoms with E-state index in [-0.39, 0.29) is 5.91 Å². The quantitative estimate of drug-likeness (QED) is 0.818. The molecule has 1 saturated heterocycles. The van der Waals surface area contributed by atoms with Crippen molar-refractivity contribution in [2.75, 3.05) is 26.3 Å². The van der Waals surface area contributed by atoms with Gasteiger partial charge in [0.2, 0.25) is 5.91 Å². The van der Waals surface area contributed by atoms with E-state index in [2.05, 4.69) is 5.32 Å². The summed E-state index contributed by atoms with van der Waals surface area (Å²) >= 11 is 1.55. The van der Waals surface area contributed by atoms with Crippen LogP contribution in [0.15, 0.2) is 11.4 Å². The van der Waals surface area contributed by atoms with Gasteiger partial charge in [0.05, 0.1) is 13.2 Å². The number of nitrogens with one attached hydrogen (secondary N) is 1. The van der Waals surface area contributed by atoms with Crippen LogP contribution >= 0.6 is 11.3 Å². The van der Waals surface area contributed by atoms with Crippen molar-refractivity contribution >= 4 is 23.2 Å². The van der Waals surface area contributed by atoms with E-state index < -0.39 is 18.1 Å². The number of ether oxygens (including phenoxy) is 1. The van der Waals surface area contributed by atoms with Gasteiger partial charge in [-0.1, -0.05) is 0 Å². The predicted octanol–water partition coefficient (Wildman–Crippen LogP) is 0.247. The Morgan fingerprint density at radius 3 is 3.05 bits per heavy atom. The first-order valence-electron chi connectivity index (χ1n) is 6.59. The van der Waals surface area contributed by atoms with E-state index >= 15 is 0 Å². The van der Waals surface area contributed by atoms with E-state index in [1.165, 1.54) is 4.90 Å². The van der Waals surface area contributed by atoms with Crippen LogP contribution in [0.4, 0.5) is 0 Å². The van der Waals surface area contributed by atoms with Crippen LogP contribution in [0.25, 0.3) is 0 Å². The first-order chi connectivity index (χ1) is 9.68. The zero-order valence-electron chi connectivity index (χ0n) is 10.9. The third-order valence-electron chi connectivity index (χ3n) is 3.70. The van der Waals surface area contributed by atoms with Crippen molar-refractivity contribution in [3.05, 3.63) is 21.9 Å². The van der Waals surface area contributed by atoms with Crippen molar-refractivity contribution < 1.29 is 19.4 Å². The van der Waals surface area contributed by atoms with Crippen LogP contribution in [-0.2, 0) is 20.7 Å². The molecule has 1 fully saturated rings. The highest BCUT2D eigenvalue weighted by Gasteiger charge is 2.39. The first kappa shape index (κ1) is 13.5. The Kier molecular flexibility index (Phi) is 3.73. The van der Waals surface area contributed by atoms with Crippen LogP contribution in [0.1, 0.15) is 16.5 Å². The van der Waals surface area contributed by atoms with Gasteiger partial charge in [0.25, 0.3) is 0 Å². The van der Waals surface area contributed by atoms with E-state index in [1.54, 1.807) is 11.3 Å². The van der Waals surface area contributed by atoms with Gasteiger partial charge in [-0.2, -0.15) is 0 Å². The summed E-state index contributed by atoms with van der Waals surface area (Å²) in [6.07, 6.45) is 0.718. The summed E-state index contributed by atoms with van der Waals surface area (Å²) in [6.45, 7) is 1.95. The van der Waals surface area contributed by atoms with Gasteiger partial charge >= 0.3 is 5.97 Å². The summed E-state index contributed by atoms with van der Waals surface area (Å²) < 4.78 is 5.29. The summed E-state index contributed by atoms with van der Waals surface area (Å²) in [5, 5.41) is 14.5. The molecule has 1 aromatic heterocycles. The van der Waals surface area contributed by atoms with Crippen molar-refractivity contribution in [3.63, 3.8) is 0 Å². The third-order valence-corrected chi connectivity index (χ3v) is 4.70. The standard InChI is InChI=1S/C13H16N2O4S/c16-12(9-7-19-5-3-14-9)15-4-1-10-8(2-6-20-10)11(15)13(17)18/h2,6,9,11,14H,1,3-5,7H2,(H,17,18). The van der Waals surface area contributed by atoms with Crippen LogP contribution < -0.4 is 5.32 Å². The molecule has 2 unspecified atom stereocenters. The Bertz CT molecular complexity index is 524. The van der Waals surface area contributed by atoms with Crippen molar-refractivity contribution in [1.82, 2.24) is 10.2 Å². The number of morpholine rings is 1. The summed E-state index contributed by atoms with van der Waals surface area (Å²) in [6, 6.07) is 0.496. The minimum Gasteiger partial charge on any atom is -0.479 e. The van der Waals surface area contributed by atoms with E-state index in [0.717, 1.165) is 16.9 Å². The maximum Gasteiger partial charge on any atom is 0.331 e. The minimum atomic E-state index is -0.977. The molecule has 3 heterocycles. The molecule has 20 heavy (non-hydrogen) atoms. The molecule has 0 aromatic carbocycles. The Hall–Kier alpha value is -1.44. The number of hydrogen-bond donors (Lipinski definition) is 2. The molecule has 0 saturated carbocycles. The van der Waals surface area contributed by atoms with Gasteiger partial charge in [-0.3, -0.25) is 4.79 Å². The molecule has 2 atom stereocenters. The maximum atomic E-state index is 12.5. The molecule has 0 aliphatic carbocycles. The monoisotopic (exact) mass is 296 g/mol. The van der Waals surface area contributed by atoms with Gasteiger partial charge < -0.3 is 20.1 Å². The van der Waals surface area contributed by atoms with Gasteiger partial charge in [0.15, 0.2) is 6.04 Å². The molecule has 0 radical (unpaired) electrons. The average Bonchev–Trinajstić information content (AvgIpc) is 2.94. The van der Waals surface area contributed by atoms with E-state index in [1.807, 2.05) is 11.4 Å². The normalized spacial score (nSPS) is 26.1. The van der Waals surface area contributed by atoms with Crippen molar-refractivity contribution in [1.29, 1.82) is 0 Å². The summed E-state index contributed by atoms with van der Waals surface area (Å²) in [5.74, 6) is -1.16. The topological polar surface area (TPSA) is 78.9 Å². The summed E-state index contributed by atoms with van der Waals surface area (Å²) in [5.41, 5.74) is 0.749. The van der Waals surface area contributed by atoms with E-state index in [9.17, 15) is 14.7 Å². The van der Waals surface area contributed by atoms with Crippen molar-refractivity contribution in [2.24, 2.45) is 0 Å². The minimum absolute atomic E-state index is 0.186. The predicted molar refractivity (Wildman–Crippen MR) is 72.7 cm³/mol. The van der Waals surface area contributed by atoms with E-state index in [0.29, 0.717) is 26.3 Å². The Labute approximate surface area is 120 Å². The number of carbonyl (C=O) groups is 2. The zero-order chi connectivity index (χ0) is 14.1. The lowest BCUT2D eigenvalue weighted by Crippen LogP contribution is -2.55. The number of rotatable bonds is 2. The molecule has 2 N–H and O–H groups in total. The molecular formula is C13H16N2O4S. The van der Waals surface area contributed by atoms with E-state index in [4.69, 9.17) is 4.74 Å². The smallest absolute Gasteiger partial charge is 0.331 e. The van der Waals surface area contributed by atoms with Crippen LogP contribution in [-0.4, -0.2) is 54.2 Å². The molecule has 0 bridgehead atoms. The fourth-order valence-electron chi connectivity index (χ4n) is 2.74. The number of amides is 1. The van der Waals surface area contributed by atoms with Gasteiger partial charge in [0, 0.05) is 18.0 Å². The second-order valence-corrected chi connectivity index (χ2v) is 5.90.